The lowest BCUT2D eigenvalue weighted by Gasteiger charge is -2.13. The number of amides is 1. The first-order valence-electron chi connectivity index (χ1n) is 7.41. The second kappa shape index (κ2) is 7.61. The Balaban J connectivity index is 1.94. The number of rotatable bonds is 6. The SMILES string of the molecule is CCOc1cccc(CNC(=O)C(N)c2ccc(C)cc2)c1. The molecule has 0 aliphatic carbocycles. The van der Waals surface area contributed by atoms with Crippen molar-refractivity contribution in [3.8, 4) is 5.75 Å². The summed E-state index contributed by atoms with van der Waals surface area (Å²) in [6, 6.07) is 14.7. The molecule has 0 radical (unpaired) electrons. The summed E-state index contributed by atoms with van der Waals surface area (Å²) in [4.78, 5) is 12.1. The molecule has 2 aromatic carbocycles. The summed E-state index contributed by atoms with van der Waals surface area (Å²) in [5, 5.41) is 2.86. The van der Waals surface area contributed by atoms with E-state index in [2.05, 4.69) is 5.32 Å². The van der Waals surface area contributed by atoms with Gasteiger partial charge in [-0.2, -0.15) is 0 Å². The summed E-state index contributed by atoms with van der Waals surface area (Å²) < 4.78 is 5.44. The minimum absolute atomic E-state index is 0.189. The highest BCUT2D eigenvalue weighted by atomic mass is 16.5. The summed E-state index contributed by atoms with van der Waals surface area (Å²) >= 11 is 0. The molecular formula is C18H22N2O2. The summed E-state index contributed by atoms with van der Waals surface area (Å²) in [7, 11) is 0. The minimum atomic E-state index is -0.657. The number of nitrogens with two attached hydrogens (primary N) is 1. The molecule has 2 aromatic rings. The van der Waals surface area contributed by atoms with Crippen LogP contribution in [0.1, 0.15) is 29.7 Å². The maximum Gasteiger partial charge on any atom is 0.241 e. The number of ether oxygens (including phenoxy) is 1. The van der Waals surface area contributed by atoms with Crippen molar-refractivity contribution < 1.29 is 9.53 Å². The Morgan fingerprint density at radius 2 is 1.95 bits per heavy atom. The van der Waals surface area contributed by atoms with Gasteiger partial charge in [0.1, 0.15) is 11.8 Å². The van der Waals surface area contributed by atoms with Crippen LogP contribution in [-0.2, 0) is 11.3 Å². The predicted octanol–water partition coefficient (Wildman–Crippen LogP) is 2.71. The van der Waals surface area contributed by atoms with Crippen LogP contribution in [-0.4, -0.2) is 12.5 Å². The number of carbonyl (C=O) groups excluding carboxylic acids is 1. The molecule has 22 heavy (non-hydrogen) atoms. The van der Waals surface area contributed by atoms with Crippen molar-refractivity contribution in [2.45, 2.75) is 26.4 Å². The van der Waals surface area contributed by atoms with E-state index in [1.165, 1.54) is 0 Å². The first kappa shape index (κ1) is 16.0. The van der Waals surface area contributed by atoms with Gasteiger partial charge in [-0.05, 0) is 37.1 Å². The van der Waals surface area contributed by atoms with Crippen LogP contribution in [0.3, 0.4) is 0 Å². The van der Waals surface area contributed by atoms with Crippen molar-refractivity contribution in [3.05, 3.63) is 65.2 Å². The van der Waals surface area contributed by atoms with Gasteiger partial charge in [0.25, 0.3) is 0 Å². The van der Waals surface area contributed by atoms with Gasteiger partial charge in [-0.3, -0.25) is 4.79 Å². The van der Waals surface area contributed by atoms with E-state index in [4.69, 9.17) is 10.5 Å². The second-order valence-corrected chi connectivity index (χ2v) is 5.19. The lowest BCUT2D eigenvalue weighted by molar-refractivity contribution is -0.122. The third-order valence-corrected chi connectivity index (χ3v) is 3.40. The van der Waals surface area contributed by atoms with Crippen LogP contribution < -0.4 is 15.8 Å². The highest BCUT2D eigenvalue weighted by Gasteiger charge is 2.15. The van der Waals surface area contributed by atoms with Gasteiger partial charge in [0.05, 0.1) is 6.61 Å². The fourth-order valence-corrected chi connectivity index (χ4v) is 2.14. The molecule has 2 rings (SSSR count). The molecule has 0 spiro atoms. The van der Waals surface area contributed by atoms with Gasteiger partial charge >= 0.3 is 0 Å². The quantitative estimate of drug-likeness (QED) is 0.862. The number of benzene rings is 2. The summed E-state index contributed by atoms with van der Waals surface area (Å²) in [6.07, 6.45) is 0. The Bertz CT molecular complexity index is 623. The monoisotopic (exact) mass is 298 g/mol. The number of carbonyl (C=O) groups is 1. The molecule has 1 amide bonds. The van der Waals surface area contributed by atoms with Crippen LogP contribution in [0.2, 0.25) is 0 Å². The van der Waals surface area contributed by atoms with Crippen LogP contribution in [0.25, 0.3) is 0 Å². The Morgan fingerprint density at radius 1 is 1.23 bits per heavy atom. The Kier molecular flexibility index (Phi) is 5.55. The van der Waals surface area contributed by atoms with E-state index in [0.29, 0.717) is 13.2 Å². The summed E-state index contributed by atoms with van der Waals surface area (Å²) in [5.74, 6) is 0.614. The van der Waals surface area contributed by atoms with Gasteiger partial charge in [-0.15, -0.1) is 0 Å². The number of nitrogens with one attached hydrogen (secondary N) is 1. The zero-order chi connectivity index (χ0) is 15.9. The fourth-order valence-electron chi connectivity index (χ4n) is 2.14. The predicted molar refractivity (Wildman–Crippen MR) is 87.6 cm³/mol. The van der Waals surface area contributed by atoms with E-state index in [1.807, 2.05) is 62.4 Å². The number of aryl methyl sites for hydroxylation is 1. The smallest absolute Gasteiger partial charge is 0.241 e. The summed E-state index contributed by atoms with van der Waals surface area (Å²) in [5.41, 5.74) is 8.93. The van der Waals surface area contributed by atoms with E-state index in [0.717, 1.165) is 22.4 Å². The van der Waals surface area contributed by atoms with E-state index >= 15 is 0 Å². The Labute approximate surface area is 131 Å². The molecule has 0 heterocycles. The molecule has 1 atom stereocenters. The molecule has 0 aliphatic heterocycles. The molecular weight excluding hydrogens is 276 g/mol. The van der Waals surface area contributed by atoms with Crippen molar-refractivity contribution in [2.75, 3.05) is 6.61 Å². The van der Waals surface area contributed by atoms with Gasteiger partial charge in [0.15, 0.2) is 0 Å². The van der Waals surface area contributed by atoms with Crippen LogP contribution in [0.4, 0.5) is 0 Å². The molecule has 4 nitrogen and oxygen atoms in total. The second-order valence-electron chi connectivity index (χ2n) is 5.19. The molecule has 0 bridgehead atoms. The molecule has 0 aromatic heterocycles. The first-order valence-corrected chi connectivity index (χ1v) is 7.41. The number of hydrogen-bond acceptors (Lipinski definition) is 3. The van der Waals surface area contributed by atoms with Crippen molar-refractivity contribution in [1.29, 1.82) is 0 Å². The molecule has 116 valence electrons. The third kappa shape index (κ3) is 4.33. The normalized spacial score (nSPS) is 11.8. The van der Waals surface area contributed by atoms with Crippen molar-refractivity contribution in [1.82, 2.24) is 5.32 Å². The van der Waals surface area contributed by atoms with Gasteiger partial charge in [-0.25, -0.2) is 0 Å². The fraction of sp³-hybridized carbons (Fsp3) is 0.278. The molecule has 1 unspecified atom stereocenters. The Hall–Kier alpha value is -2.33. The molecule has 3 N–H and O–H groups in total. The molecule has 4 heteroatoms. The van der Waals surface area contributed by atoms with E-state index in [9.17, 15) is 4.79 Å². The summed E-state index contributed by atoms with van der Waals surface area (Å²) in [6.45, 7) is 4.99. The van der Waals surface area contributed by atoms with Crippen molar-refractivity contribution in [2.24, 2.45) is 5.73 Å². The van der Waals surface area contributed by atoms with Crippen molar-refractivity contribution >= 4 is 5.91 Å². The van der Waals surface area contributed by atoms with Crippen molar-refractivity contribution in [3.63, 3.8) is 0 Å². The molecule has 0 aliphatic rings. The topological polar surface area (TPSA) is 64.3 Å². The van der Waals surface area contributed by atoms with Crippen LogP contribution in [0.15, 0.2) is 48.5 Å². The van der Waals surface area contributed by atoms with Gasteiger partial charge in [0.2, 0.25) is 5.91 Å². The average molecular weight is 298 g/mol. The highest BCUT2D eigenvalue weighted by Crippen LogP contribution is 2.14. The molecule has 0 saturated carbocycles. The van der Waals surface area contributed by atoms with E-state index in [1.54, 1.807) is 0 Å². The van der Waals surface area contributed by atoms with E-state index < -0.39 is 6.04 Å². The highest BCUT2D eigenvalue weighted by molar-refractivity contribution is 5.82. The van der Waals surface area contributed by atoms with Crippen LogP contribution in [0, 0.1) is 6.92 Å². The van der Waals surface area contributed by atoms with Crippen LogP contribution >= 0.6 is 0 Å². The van der Waals surface area contributed by atoms with Gasteiger partial charge in [-0.1, -0.05) is 42.0 Å². The third-order valence-electron chi connectivity index (χ3n) is 3.40. The maximum atomic E-state index is 12.1. The average Bonchev–Trinajstić information content (AvgIpc) is 2.53. The van der Waals surface area contributed by atoms with Crippen LogP contribution in [0.5, 0.6) is 5.75 Å². The van der Waals surface area contributed by atoms with Gasteiger partial charge < -0.3 is 15.8 Å². The zero-order valence-electron chi connectivity index (χ0n) is 13.0. The minimum Gasteiger partial charge on any atom is -0.494 e. The first-order chi connectivity index (χ1) is 10.6. The molecule has 0 saturated heterocycles. The Morgan fingerprint density at radius 3 is 2.64 bits per heavy atom. The lowest BCUT2D eigenvalue weighted by Crippen LogP contribution is -2.33. The van der Waals surface area contributed by atoms with Gasteiger partial charge in [0, 0.05) is 6.54 Å². The molecule has 0 fully saturated rings. The largest absolute Gasteiger partial charge is 0.494 e. The van der Waals surface area contributed by atoms with E-state index in [-0.39, 0.29) is 5.91 Å². The zero-order valence-corrected chi connectivity index (χ0v) is 13.0. The maximum absolute atomic E-state index is 12.1. The standard InChI is InChI=1S/C18H22N2O2/c1-3-22-16-6-4-5-14(11-16)12-20-18(21)17(19)15-9-7-13(2)8-10-15/h4-11,17H,3,12,19H2,1-2H3,(H,20,21). The lowest BCUT2D eigenvalue weighted by atomic mass is 10.1. The number of hydrogen-bond donors (Lipinski definition) is 2.